The van der Waals surface area contributed by atoms with Gasteiger partial charge in [-0.3, -0.25) is 0 Å². The Bertz CT molecular complexity index is 934. The third-order valence-corrected chi connectivity index (χ3v) is 6.77. The fourth-order valence-electron chi connectivity index (χ4n) is 3.74. The molecule has 2 aliphatic heterocycles. The quantitative estimate of drug-likeness (QED) is 0.658. The summed E-state index contributed by atoms with van der Waals surface area (Å²) in [6.45, 7) is 5.81. The number of alkyl halides is 3. The molecule has 0 radical (unpaired) electrons. The van der Waals surface area contributed by atoms with E-state index >= 15 is 0 Å². The molecule has 0 spiro atoms. The Morgan fingerprint density at radius 3 is 2.57 bits per heavy atom. The minimum absolute atomic E-state index is 0.168. The third-order valence-electron chi connectivity index (χ3n) is 5.27. The molecular weight excluding hydrogens is 383 g/mol. The average Bonchev–Trinajstić information content (AvgIpc) is 3.10. The second kappa shape index (κ2) is 7.24. The van der Waals surface area contributed by atoms with Gasteiger partial charge in [0.2, 0.25) is 0 Å². The van der Waals surface area contributed by atoms with Crippen LogP contribution in [-0.4, -0.2) is 23.1 Å². The van der Waals surface area contributed by atoms with E-state index in [4.69, 9.17) is 0 Å². The summed E-state index contributed by atoms with van der Waals surface area (Å²) in [5.74, 6) is 0.217. The Balaban J connectivity index is 1.44. The molecule has 0 saturated heterocycles. The number of nitrogens with zero attached hydrogens (tertiary/aromatic N) is 1. The van der Waals surface area contributed by atoms with Crippen LogP contribution in [0.2, 0.25) is 0 Å². The molecule has 2 aromatic rings. The van der Waals surface area contributed by atoms with E-state index in [2.05, 4.69) is 11.5 Å². The normalized spacial score (nSPS) is 19.7. The summed E-state index contributed by atoms with van der Waals surface area (Å²) < 4.78 is 38.3. The highest BCUT2D eigenvalue weighted by Crippen LogP contribution is 2.51. The van der Waals surface area contributed by atoms with Gasteiger partial charge in [-0.25, -0.2) is 0 Å². The molecule has 2 nitrogen and oxygen atoms in total. The van der Waals surface area contributed by atoms with Crippen molar-refractivity contribution >= 4 is 17.5 Å². The predicted octanol–water partition coefficient (Wildman–Crippen LogP) is 6.22. The Labute approximate surface area is 166 Å². The highest BCUT2D eigenvalue weighted by Gasteiger charge is 2.33. The number of rotatable bonds is 3. The molecule has 0 saturated carbocycles. The number of aromatic hydroxyl groups is 1. The summed E-state index contributed by atoms with van der Waals surface area (Å²) >= 11 is 1.78. The van der Waals surface area contributed by atoms with Crippen molar-refractivity contribution in [2.75, 3.05) is 13.1 Å². The van der Waals surface area contributed by atoms with Crippen molar-refractivity contribution < 1.29 is 18.3 Å². The van der Waals surface area contributed by atoms with Crippen LogP contribution < -0.4 is 0 Å². The molecular formula is C22H20F3NOS. The summed E-state index contributed by atoms with van der Waals surface area (Å²) in [4.78, 5) is 3.56. The highest BCUT2D eigenvalue weighted by atomic mass is 32.2. The summed E-state index contributed by atoms with van der Waals surface area (Å²) in [5.41, 5.74) is 3.44. The lowest BCUT2D eigenvalue weighted by molar-refractivity contribution is -0.137. The number of benzene rings is 2. The average molecular weight is 403 g/mol. The second-order valence-corrected chi connectivity index (χ2v) is 8.42. The molecule has 0 fully saturated rings. The first-order valence-corrected chi connectivity index (χ1v) is 9.97. The van der Waals surface area contributed by atoms with Gasteiger partial charge in [-0.2, -0.15) is 13.2 Å². The first kappa shape index (κ1) is 19.0. The monoisotopic (exact) mass is 403 g/mol. The molecule has 0 bridgehead atoms. The SMILES string of the molecule is C=C(c1cccc(O)c1)N1CCC2=C(CC(c3ccc(C(F)(F)F)cc3)S2)C1. The molecule has 1 unspecified atom stereocenters. The van der Waals surface area contributed by atoms with E-state index in [0.717, 1.165) is 42.8 Å². The number of thioether (sulfide) groups is 1. The second-order valence-electron chi connectivity index (χ2n) is 7.13. The molecule has 0 amide bonds. The summed E-state index contributed by atoms with van der Waals surface area (Å²) in [5, 5.41) is 9.87. The van der Waals surface area contributed by atoms with Crippen LogP contribution >= 0.6 is 11.8 Å². The lowest BCUT2D eigenvalue weighted by Gasteiger charge is -2.31. The zero-order chi connectivity index (χ0) is 19.9. The van der Waals surface area contributed by atoms with Crippen molar-refractivity contribution in [3.63, 3.8) is 0 Å². The van der Waals surface area contributed by atoms with Crippen LogP contribution in [0.15, 0.2) is 65.6 Å². The Kier molecular flexibility index (Phi) is 4.91. The molecule has 146 valence electrons. The van der Waals surface area contributed by atoms with Gasteiger partial charge in [0.15, 0.2) is 0 Å². The van der Waals surface area contributed by atoms with E-state index in [1.165, 1.54) is 22.6 Å². The molecule has 2 aromatic carbocycles. The van der Waals surface area contributed by atoms with E-state index in [0.29, 0.717) is 0 Å². The smallest absolute Gasteiger partial charge is 0.416 e. The largest absolute Gasteiger partial charge is 0.508 e. The summed E-state index contributed by atoms with van der Waals surface area (Å²) in [6, 6.07) is 12.6. The van der Waals surface area contributed by atoms with Crippen molar-refractivity contribution in [1.29, 1.82) is 0 Å². The van der Waals surface area contributed by atoms with Gasteiger partial charge >= 0.3 is 6.18 Å². The van der Waals surface area contributed by atoms with Gasteiger partial charge in [-0.05, 0) is 53.1 Å². The zero-order valence-electron chi connectivity index (χ0n) is 15.2. The number of hydrogen-bond donors (Lipinski definition) is 1. The molecule has 2 aliphatic rings. The maximum Gasteiger partial charge on any atom is 0.416 e. The maximum atomic E-state index is 12.8. The van der Waals surface area contributed by atoms with Gasteiger partial charge < -0.3 is 10.0 Å². The van der Waals surface area contributed by atoms with E-state index < -0.39 is 11.7 Å². The number of hydrogen-bond acceptors (Lipinski definition) is 3. The van der Waals surface area contributed by atoms with Gasteiger partial charge in [0, 0.05) is 29.6 Å². The molecule has 2 heterocycles. The summed E-state index contributed by atoms with van der Waals surface area (Å²) in [7, 11) is 0. The van der Waals surface area contributed by atoms with E-state index in [9.17, 15) is 18.3 Å². The number of phenolic OH excluding ortho intramolecular Hbond substituents is 1. The molecule has 0 aromatic heterocycles. The Hall–Kier alpha value is -2.34. The van der Waals surface area contributed by atoms with Crippen LogP contribution in [0.3, 0.4) is 0 Å². The lowest BCUT2D eigenvalue weighted by atomic mass is 9.99. The molecule has 0 aliphatic carbocycles. The van der Waals surface area contributed by atoms with Crippen LogP contribution in [0.1, 0.15) is 34.8 Å². The minimum atomic E-state index is -4.30. The first-order valence-electron chi connectivity index (χ1n) is 9.09. The van der Waals surface area contributed by atoms with Crippen LogP contribution in [0.4, 0.5) is 13.2 Å². The molecule has 6 heteroatoms. The van der Waals surface area contributed by atoms with Crippen LogP contribution in [0, 0.1) is 0 Å². The van der Waals surface area contributed by atoms with Gasteiger partial charge in [0.05, 0.1) is 5.56 Å². The molecule has 1 N–H and O–H groups in total. The zero-order valence-corrected chi connectivity index (χ0v) is 16.0. The van der Waals surface area contributed by atoms with Gasteiger partial charge in [-0.15, -0.1) is 11.8 Å². The van der Waals surface area contributed by atoms with Crippen molar-refractivity contribution in [2.24, 2.45) is 0 Å². The van der Waals surface area contributed by atoms with Gasteiger partial charge in [-0.1, -0.05) is 30.8 Å². The maximum absolute atomic E-state index is 12.8. The van der Waals surface area contributed by atoms with Gasteiger partial charge in [0.1, 0.15) is 5.75 Å². The first-order chi connectivity index (χ1) is 13.3. The van der Waals surface area contributed by atoms with Crippen LogP contribution in [0.25, 0.3) is 5.70 Å². The third kappa shape index (κ3) is 3.78. The summed E-state index contributed by atoms with van der Waals surface area (Å²) in [6.07, 6.45) is -2.55. The van der Waals surface area contributed by atoms with Gasteiger partial charge in [0.25, 0.3) is 0 Å². The highest BCUT2D eigenvalue weighted by molar-refractivity contribution is 8.03. The van der Waals surface area contributed by atoms with E-state index in [-0.39, 0.29) is 11.0 Å². The number of halogens is 3. The standard InChI is InChI=1S/C22H20F3NOS/c1-14(16-3-2-4-19(27)11-16)26-10-9-20-17(13-26)12-21(28-20)15-5-7-18(8-6-15)22(23,24)25/h2-8,11,21,27H,1,9-10,12-13H2. The van der Waals surface area contributed by atoms with E-state index in [1.54, 1.807) is 42.1 Å². The fraction of sp³-hybridized carbons (Fsp3) is 0.273. The predicted molar refractivity (Wildman–Crippen MR) is 107 cm³/mol. The van der Waals surface area contributed by atoms with Crippen LogP contribution in [0.5, 0.6) is 5.75 Å². The molecule has 28 heavy (non-hydrogen) atoms. The molecule has 1 atom stereocenters. The Morgan fingerprint density at radius 1 is 1.14 bits per heavy atom. The topological polar surface area (TPSA) is 23.5 Å². The molecule has 4 rings (SSSR count). The van der Waals surface area contributed by atoms with E-state index in [1.807, 2.05) is 6.07 Å². The van der Waals surface area contributed by atoms with Crippen LogP contribution in [-0.2, 0) is 6.18 Å². The van der Waals surface area contributed by atoms with Crippen molar-refractivity contribution in [1.82, 2.24) is 4.90 Å². The Morgan fingerprint density at radius 2 is 1.89 bits per heavy atom. The van der Waals surface area contributed by atoms with Crippen molar-refractivity contribution in [3.8, 4) is 5.75 Å². The fourth-order valence-corrected chi connectivity index (χ4v) is 5.18. The van der Waals surface area contributed by atoms with Crippen molar-refractivity contribution in [3.05, 3.63) is 82.3 Å². The number of phenols is 1. The lowest BCUT2D eigenvalue weighted by Crippen LogP contribution is -2.28. The van der Waals surface area contributed by atoms with Crippen molar-refractivity contribution in [2.45, 2.75) is 24.3 Å². The minimum Gasteiger partial charge on any atom is -0.508 e.